The van der Waals surface area contributed by atoms with Crippen molar-refractivity contribution < 1.29 is 18.7 Å². The minimum Gasteiger partial charge on any atom is -0.493 e. The smallest absolute Gasteiger partial charge is 0.161 e. The minimum atomic E-state index is -0.324. The first kappa shape index (κ1) is 19.2. The van der Waals surface area contributed by atoms with Gasteiger partial charge in [0.2, 0.25) is 0 Å². The van der Waals surface area contributed by atoms with Crippen LogP contribution in [0.15, 0.2) is 12.1 Å². The van der Waals surface area contributed by atoms with Gasteiger partial charge in [-0.05, 0) is 47.9 Å². The highest BCUT2D eigenvalue weighted by atomic mass is 19.1. The lowest BCUT2D eigenvalue weighted by Crippen LogP contribution is -2.47. The summed E-state index contributed by atoms with van der Waals surface area (Å²) in [6.45, 7) is 5.52. The van der Waals surface area contributed by atoms with Gasteiger partial charge in [0.25, 0.3) is 0 Å². The fourth-order valence-corrected chi connectivity index (χ4v) is 4.48. The molecule has 0 aliphatic carbocycles. The highest BCUT2D eigenvalue weighted by molar-refractivity contribution is 5.83. The van der Waals surface area contributed by atoms with Crippen LogP contribution in [0.2, 0.25) is 0 Å². The van der Waals surface area contributed by atoms with E-state index in [0.29, 0.717) is 24.4 Å². The molecular formula is C21H30FNO3. The average Bonchev–Trinajstić information content (AvgIpc) is 2.60. The maximum atomic E-state index is 12.8. The van der Waals surface area contributed by atoms with Crippen molar-refractivity contribution in [3.05, 3.63) is 23.3 Å². The molecular weight excluding hydrogens is 333 g/mol. The summed E-state index contributed by atoms with van der Waals surface area (Å²) in [6.07, 6.45) is 2.75. The number of benzene rings is 1. The molecule has 2 atom stereocenters. The van der Waals surface area contributed by atoms with E-state index in [9.17, 15) is 9.18 Å². The molecule has 1 aromatic rings. The third-order valence-electron chi connectivity index (χ3n) is 5.99. The number of ether oxygens (including phenoxy) is 2. The SMILES string of the molecule is COc1cc2c(cc1OC)[C@H]1CC(=O)[C@H](CC(C)(C)CCF)CN1CC2. The van der Waals surface area contributed by atoms with Crippen LogP contribution in [-0.4, -0.2) is 44.7 Å². The highest BCUT2D eigenvalue weighted by Gasteiger charge is 2.40. The second kappa shape index (κ2) is 7.55. The molecule has 0 saturated carbocycles. The van der Waals surface area contributed by atoms with Gasteiger partial charge in [0.05, 0.1) is 20.9 Å². The Hall–Kier alpha value is -1.62. The Balaban J connectivity index is 1.81. The number of carbonyl (C=O) groups is 1. The molecule has 0 amide bonds. The molecule has 5 heteroatoms. The predicted molar refractivity (Wildman–Crippen MR) is 99.7 cm³/mol. The summed E-state index contributed by atoms with van der Waals surface area (Å²) in [4.78, 5) is 15.3. The number of hydrogen-bond donors (Lipinski definition) is 0. The Labute approximate surface area is 155 Å². The van der Waals surface area contributed by atoms with Gasteiger partial charge >= 0.3 is 0 Å². The normalized spacial score (nSPS) is 23.3. The van der Waals surface area contributed by atoms with Crippen LogP contribution in [0, 0.1) is 11.3 Å². The number of fused-ring (bicyclic) bond motifs is 3. The van der Waals surface area contributed by atoms with E-state index < -0.39 is 0 Å². The number of rotatable bonds is 6. The first-order valence-corrected chi connectivity index (χ1v) is 9.46. The fourth-order valence-electron chi connectivity index (χ4n) is 4.48. The van der Waals surface area contributed by atoms with Crippen LogP contribution in [0.3, 0.4) is 0 Å². The molecule has 1 aromatic carbocycles. The second-order valence-electron chi connectivity index (χ2n) is 8.34. The summed E-state index contributed by atoms with van der Waals surface area (Å²) in [5.74, 6) is 1.77. The largest absolute Gasteiger partial charge is 0.493 e. The van der Waals surface area contributed by atoms with Crippen LogP contribution in [0.25, 0.3) is 0 Å². The Morgan fingerprint density at radius 1 is 1.23 bits per heavy atom. The van der Waals surface area contributed by atoms with Gasteiger partial charge in [-0.15, -0.1) is 0 Å². The van der Waals surface area contributed by atoms with E-state index in [4.69, 9.17) is 9.47 Å². The standard InChI is InChI=1S/C21H30FNO3/c1-21(2,6-7-22)12-15-13-23-8-5-14-9-19(25-3)20(26-4)10-16(14)17(23)11-18(15)24/h9-10,15,17H,5-8,11-13H2,1-4H3/t15-,17-/m1/s1. The Morgan fingerprint density at radius 2 is 1.92 bits per heavy atom. The Morgan fingerprint density at radius 3 is 2.58 bits per heavy atom. The van der Waals surface area contributed by atoms with Gasteiger partial charge in [-0.25, -0.2) is 0 Å². The molecule has 144 valence electrons. The molecule has 0 radical (unpaired) electrons. The van der Waals surface area contributed by atoms with Crippen molar-refractivity contribution in [2.24, 2.45) is 11.3 Å². The Kier molecular flexibility index (Phi) is 5.56. The molecule has 2 aliphatic heterocycles. The second-order valence-corrected chi connectivity index (χ2v) is 8.34. The molecule has 1 fully saturated rings. The van der Waals surface area contributed by atoms with Crippen molar-refractivity contribution in [1.29, 1.82) is 0 Å². The van der Waals surface area contributed by atoms with E-state index >= 15 is 0 Å². The number of halogens is 1. The quantitative estimate of drug-likeness (QED) is 0.767. The van der Waals surface area contributed by atoms with Crippen LogP contribution in [0.1, 0.15) is 50.3 Å². The monoisotopic (exact) mass is 363 g/mol. The van der Waals surface area contributed by atoms with E-state index in [1.807, 2.05) is 12.1 Å². The number of nitrogens with zero attached hydrogens (tertiary/aromatic N) is 1. The lowest BCUT2D eigenvalue weighted by Gasteiger charge is -2.44. The van der Waals surface area contributed by atoms with Crippen LogP contribution >= 0.6 is 0 Å². The van der Waals surface area contributed by atoms with Gasteiger partial charge in [-0.3, -0.25) is 14.1 Å². The highest BCUT2D eigenvalue weighted by Crippen LogP contribution is 2.43. The summed E-state index contributed by atoms with van der Waals surface area (Å²) in [5.41, 5.74) is 2.29. The lowest BCUT2D eigenvalue weighted by molar-refractivity contribution is -0.130. The van der Waals surface area contributed by atoms with Crippen molar-refractivity contribution in [2.45, 2.75) is 45.6 Å². The maximum Gasteiger partial charge on any atom is 0.161 e. The fraction of sp³-hybridized carbons (Fsp3) is 0.667. The summed E-state index contributed by atoms with van der Waals surface area (Å²) in [7, 11) is 3.28. The Bertz CT molecular complexity index is 673. The molecule has 2 heterocycles. The van der Waals surface area contributed by atoms with Crippen molar-refractivity contribution in [2.75, 3.05) is 34.0 Å². The molecule has 2 aliphatic rings. The summed E-state index contributed by atoms with van der Waals surface area (Å²) in [6, 6.07) is 4.20. The number of alkyl halides is 1. The maximum absolute atomic E-state index is 12.8. The van der Waals surface area contributed by atoms with Crippen molar-refractivity contribution in [3.63, 3.8) is 0 Å². The number of ketones is 1. The first-order chi connectivity index (χ1) is 12.4. The lowest BCUT2D eigenvalue weighted by atomic mass is 9.74. The van der Waals surface area contributed by atoms with Gasteiger partial charge in [-0.1, -0.05) is 13.8 Å². The number of carbonyl (C=O) groups excluding carboxylic acids is 1. The van der Waals surface area contributed by atoms with Crippen molar-refractivity contribution in [3.8, 4) is 11.5 Å². The van der Waals surface area contributed by atoms with E-state index in [1.54, 1.807) is 14.2 Å². The summed E-state index contributed by atoms with van der Waals surface area (Å²) in [5, 5.41) is 0. The number of piperidine rings is 1. The third kappa shape index (κ3) is 3.73. The molecule has 0 N–H and O–H groups in total. The van der Waals surface area contributed by atoms with Gasteiger partial charge in [0.15, 0.2) is 11.5 Å². The average molecular weight is 363 g/mol. The zero-order chi connectivity index (χ0) is 18.9. The number of hydrogen-bond acceptors (Lipinski definition) is 4. The minimum absolute atomic E-state index is 0.00879. The molecule has 26 heavy (non-hydrogen) atoms. The van der Waals surface area contributed by atoms with Crippen LogP contribution < -0.4 is 9.47 Å². The van der Waals surface area contributed by atoms with Crippen LogP contribution in [0.5, 0.6) is 11.5 Å². The number of Topliss-reactive ketones (excluding diaryl/α,β-unsaturated/α-hetero) is 1. The molecule has 0 unspecified atom stereocenters. The third-order valence-corrected chi connectivity index (χ3v) is 5.99. The van der Waals surface area contributed by atoms with Crippen molar-refractivity contribution >= 4 is 5.78 Å². The summed E-state index contributed by atoms with van der Waals surface area (Å²) < 4.78 is 23.7. The topological polar surface area (TPSA) is 38.8 Å². The van der Waals surface area contributed by atoms with Gasteiger partial charge < -0.3 is 9.47 Å². The zero-order valence-corrected chi connectivity index (χ0v) is 16.3. The summed E-state index contributed by atoms with van der Waals surface area (Å²) >= 11 is 0. The van der Waals surface area contributed by atoms with Crippen molar-refractivity contribution in [1.82, 2.24) is 4.90 Å². The van der Waals surface area contributed by atoms with Gasteiger partial charge in [0, 0.05) is 31.5 Å². The number of methoxy groups -OCH3 is 2. The molecule has 1 saturated heterocycles. The van der Waals surface area contributed by atoms with E-state index in [-0.39, 0.29) is 24.0 Å². The van der Waals surface area contributed by atoms with E-state index in [0.717, 1.165) is 31.7 Å². The van der Waals surface area contributed by atoms with Gasteiger partial charge in [-0.2, -0.15) is 0 Å². The first-order valence-electron chi connectivity index (χ1n) is 9.46. The molecule has 0 aromatic heterocycles. The predicted octanol–water partition coefficient (Wildman–Crippen LogP) is 3.97. The van der Waals surface area contributed by atoms with Crippen LogP contribution in [-0.2, 0) is 11.2 Å². The molecule has 0 spiro atoms. The molecule has 4 nitrogen and oxygen atoms in total. The van der Waals surface area contributed by atoms with E-state index in [1.165, 1.54) is 11.1 Å². The van der Waals surface area contributed by atoms with E-state index in [2.05, 4.69) is 18.7 Å². The zero-order valence-electron chi connectivity index (χ0n) is 16.3. The van der Waals surface area contributed by atoms with Gasteiger partial charge in [0.1, 0.15) is 5.78 Å². The molecule has 3 rings (SSSR count). The molecule has 0 bridgehead atoms. The van der Waals surface area contributed by atoms with Crippen LogP contribution in [0.4, 0.5) is 4.39 Å².